The third-order valence-corrected chi connectivity index (χ3v) is 8.80. The first-order chi connectivity index (χ1) is 20.4. The molecule has 0 saturated carbocycles. The van der Waals surface area contributed by atoms with Gasteiger partial charge in [-0.25, -0.2) is 4.98 Å². The van der Waals surface area contributed by atoms with Crippen molar-refractivity contribution in [3.05, 3.63) is 81.6 Å². The second kappa shape index (κ2) is 9.92. The molecule has 11 heteroatoms. The summed E-state index contributed by atoms with van der Waals surface area (Å²) in [5.41, 5.74) is 5.06. The summed E-state index contributed by atoms with van der Waals surface area (Å²) >= 11 is 0. The van der Waals surface area contributed by atoms with Crippen molar-refractivity contribution in [2.75, 3.05) is 33.1 Å². The fourth-order valence-electron chi connectivity index (χ4n) is 6.91. The number of nitrogens with two attached hydrogens (primary N) is 1. The first-order valence-corrected chi connectivity index (χ1v) is 13.9. The number of hydrogen-bond donors (Lipinski definition) is 4. The number of primary amides is 1. The second-order valence-corrected chi connectivity index (χ2v) is 11.8. The number of aliphatic hydroxyl groups excluding tert-OH is 2. The average molecular weight is 585 g/mol. The quantitative estimate of drug-likeness (QED) is 0.327. The molecule has 1 amide bonds. The molecule has 1 aromatic heterocycles. The summed E-state index contributed by atoms with van der Waals surface area (Å²) in [7, 11) is 6.92. The Bertz CT molecular complexity index is 1800. The lowest BCUT2D eigenvalue weighted by atomic mass is 9.58. The lowest BCUT2D eigenvalue weighted by molar-refractivity contribution is -0.148. The number of carbonyl (C=O) groups is 3. The van der Waals surface area contributed by atoms with E-state index in [0.29, 0.717) is 11.1 Å². The number of Topliss-reactive ketones (excluding diaryl/α,β-unsaturated/α-hetero) is 2. The highest BCUT2D eigenvalue weighted by Crippen LogP contribution is 2.53. The Labute approximate surface area is 247 Å². The van der Waals surface area contributed by atoms with E-state index in [1.165, 1.54) is 0 Å². The van der Waals surface area contributed by atoms with Crippen LogP contribution in [0.2, 0.25) is 0 Å². The fraction of sp³-hybridized carbons (Fsp3) is 0.312. The van der Waals surface area contributed by atoms with Gasteiger partial charge in [-0.2, -0.15) is 0 Å². The molecule has 3 aliphatic rings. The van der Waals surface area contributed by atoms with Gasteiger partial charge < -0.3 is 30.4 Å². The van der Waals surface area contributed by atoms with Gasteiger partial charge in [0.1, 0.15) is 22.6 Å². The molecule has 0 fully saturated rings. The van der Waals surface area contributed by atoms with Crippen molar-refractivity contribution in [1.82, 2.24) is 9.88 Å². The number of nitrogens with zero attached hydrogens (tertiary/aromatic N) is 3. The van der Waals surface area contributed by atoms with Crippen molar-refractivity contribution in [2.24, 2.45) is 17.6 Å². The highest BCUT2D eigenvalue weighted by atomic mass is 16.4. The topological polar surface area (TPSA) is 170 Å². The zero-order valence-corrected chi connectivity index (χ0v) is 24.2. The third kappa shape index (κ3) is 4.10. The first kappa shape index (κ1) is 28.4. The Morgan fingerprint density at radius 3 is 2.44 bits per heavy atom. The van der Waals surface area contributed by atoms with Gasteiger partial charge in [0.2, 0.25) is 11.7 Å². The molecule has 0 unspecified atom stereocenters. The van der Waals surface area contributed by atoms with Crippen molar-refractivity contribution in [2.45, 2.75) is 24.5 Å². The van der Waals surface area contributed by atoms with E-state index in [0.717, 1.165) is 11.3 Å². The molecule has 6 rings (SSSR count). The predicted octanol–water partition coefficient (Wildman–Crippen LogP) is 2.79. The lowest BCUT2D eigenvalue weighted by Crippen LogP contribution is -2.63. The number of carbonyl (C=O) groups excluding carboxylic acids is 3. The van der Waals surface area contributed by atoms with Gasteiger partial charge in [-0.15, -0.1) is 0 Å². The Hall–Kier alpha value is -4.74. The van der Waals surface area contributed by atoms with Gasteiger partial charge in [-0.3, -0.25) is 19.3 Å². The largest absolute Gasteiger partial charge is 0.510 e. The van der Waals surface area contributed by atoms with Crippen LogP contribution in [0.15, 0.2) is 63.5 Å². The molecule has 0 aliphatic heterocycles. The molecule has 0 bridgehead atoms. The van der Waals surface area contributed by atoms with Gasteiger partial charge in [0.25, 0.3) is 5.91 Å². The molecule has 0 spiro atoms. The predicted molar refractivity (Wildman–Crippen MR) is 159 cm³/mol. The number of aromatic nitrogens is 1. The van der Waals surface area contributed by atoms with Gasteiger partial charge in [0, 0.05) is 37.3 Å². The number of aliphatic hydroxyl groups is 3. The summed E-state index contributed by atoms with van der Waals surface area (Å²) in [4.78, 5) is 48.1. The molecule has 2 aromatic carbocycles. The number of amides is 1. The molecule has 3 aliphatic carbocycles. The molecular weight excluding hydrogens is 552 g/mol. The number of benzene rings is 2. The second-order valence-electron chi connectivity index (χ2n) is 11.8. The number of oxazole rings is 1. The normalized spacial score (nSPS) is 25.4. The van der Waals surface area contributed by atoms with E-state index in [1.54, 1.807) is 25.1 Å². The monoisotopic (exact) mass is 584 g/mol. The molecule has 3 aromatic rings. The number of fused-ring (bicyclic) bond motifs is 5. The standard InChI is InChI=1S/C32H32N4O7/c1-35(2)20-14-19-28(43-21(34-19)11-10-15-8-6-5-7-9-15)23-17(20)12-16-13-18-25(36(3)4)27(38)24(31(33)41)30(40)32(18,42)29(39)22(16)26(23)37/h5-11,14,16,18,25,38-39,42H,12-13H2,1-4H3,(H2,33,41)/b11-10+/t16-,18-,25-,32-/m0/s1. The van der Waals surface area contributed by atoms with Crippen LogP contribution in [-0.2, 0) is 16.0 Å². The molecule has 0 radical (unpaired) electrons. The van der Waals surface area contributed by atoms with Crippen molar-refractivity contribution in [3.8, 4) is 0 Å². The Morgan fingerprint density at radius 2 is 1.81 bits per heavy atom. The van der Waals surface area contributed by atoms with Gasteiger partial charge in [-0.1, -0.05) is 30.3 Å². The minimum atomic E-state index is -2.65. The third-order valence-electron chi connectivity index (χ3n) is 8.80. The van der Waals surface area contributed by atoms with Crippen LogP contribution in [0.1, 0.15) is 33.8 Å². The zero-order valence-electron chi connectivity index (χ0n) is 24.2. The van der Waals surface area contributed by atoms with E-state index < -0.39 is 58.0 Å². The van der Waals surface area contributed by atoms with Crippen molar-refractivity contribution >= 4 is 46.4 Å². The number of rotatable bonds is 5. The molecule has 11 nitrogen and oxygen atoms in total. The molecule has 4 atom stereocenters. The van der Waals surface area contributed by atoms with Crippen molar-refractivity contribution < 1.29 is 34.1 Å². The van der Waals surface area contributed by atoms with Crippen molar-refractivity contribution in [3.63, 3.8) is 0 Å². The maximum Gasteiger partial charge on any atom is 0.255 e. The molecule has 5 N–H and O–H groups in total. The molecule has 0 saturated heterocycles. The van der Waals surface area contributed by atoms with Crippen LogP contribution in [0.4, 0.5) is 5.69 Å². The number of likely N-dealkylation sites (N-methyl/N-ethyl adjacent to an activating group) is 1. The molecule has 222 valence electrons. The summed E-state index contributed by atoms with van der Waals surface area (Å²) in [5.74, 6) is -5.86. The zero-order chi connectivity index (χ0) is 31.0. The van der Waals surface area contributed by atoms with Crippen LogP contribution in [0.25, 0.3) is 23.3 Å². The summed E-state index contributed by atoms with van der Waals surface area (Å²) in [6.45, 7) is 0. The van der Waals surface area contributed by atoms with E-state index in [9.17, 15) is 29.7 Å². The van der Waals surface area contributed by atoms with Crippen LogP contribution >= 0.6 is 0 Å². The van der Waals surface area contributed by atoms with E-state index in [1.807, 2.05) is 61.5 Å². The Kier molecular flexibility index (Phi) is 6.55. The van der Waals surface area contributed by atoms with Gasteiger partial charge >= 0.3 is 0 Å². The number of ketones is 2. The smallest absolute Gasteiger partial charge is 0.255 e. The molecule has 43 heavy (non-hydrogen) atoms. The van der Waals surface area contributed by atoms with Crippen molar-refractivity contribution in [1.29, 1.82) is 0 Å². The summed E-state index contributed by atoms with van der Waals surface area (Å²) < 4.78 is 6.09. The van der Waals surface area contributed by atoms with E-state index in [4.69, 9.17) is 10.2 Å². The van der Waals surface area contributed by atoms with E-state index >= 15 is 0 Å². The summed E-state index contributed by atoms with van der Waals surface area (Å²) in [5, 5.41) is 34.5. The Morgan fingerprint density at radius 1 is 1.12 bits per heavy atom. The fourth-order valence-corrected chi connectivity index (χ4v) is 6.91. The minimum Gasteiger partial charge on any atom is -0.510 e. The van der Waals surface area contributed by atoms with Crippen LogP contribution < -0.4 is 10.6 Å². The van der Waals surface area contributed by atoms with E-state index in [2.05, 4.69) is 4.98 Å². The maximum atomic E-state index is 14.3. The number of anilines is 1. The van der Waals surface area contributed by atoms with Gasteiger partial charge in [0.05, 0.1) is 11.6 Å². The minimum absolute atomic E-state index is 0.0676. The molecule has 1 heterocycles. The lowest BCUT2D eigenvalue weighted by Gasteiger charge is -2.50. The van der Waals surface area contributed by atoms with E-state index in [-0.39, 0.29) is 35.5 Å². The summed E-state index contributed by atoms with van der Waals surface area (Å²) in [6, 6.07) is 10.4. The number of hydrogen-bond acceptors (Lipinski definition) is 10. The highest BCUT2D eigenvalue weighted by Gasteiger charge is 2.63. The van der Waals surface area contributed by atoms with Gasteiger partial charge in [-0.05, 0) is 56.1 Å². The van der Waals surface area contributed by atoms with Crippen LogP contribution in [-0.4, -0.2) is 82.5 Å². The van der Waals surface area contributed by atoms with Crippen LogP contribution in [0, 0.1) is 11.8 Å². The maximum absolute atomic E-state index is 14.3. The van der Waals surface area contributed by atoms with Crippen LogP contribution in [0.3, 0.4) is 0 Å². The first-order valence-electron chi connectivity index (χ1n) is 13.9. The average Bonchev–Trinajstić information content (AvgIpc) is 3.36. The highest BCUT2D eigenvalue weighted by molar-refractivity contribution is 6.25. The Balaban J connectivity index is 1.54. The molecular formula is C32H32N4O7. The van der Waals surface area contributed by atoms with Crippen LogP contribution in [0.5, 0.6) is 0 Å². The summed E-state index contributed by atoms with van der Waals surface area (Å²) in [6.07, 6.45) is 3.89. The number of allylic oxidation sites excluding steroid dienone is 1. The van der Waals surface area contributed by atoms with Gasteiger partial charge in [0.15, 0.2) is 17.0 Å². The SMILES string of the molecule is CN(C)c1cc2nc(/C=C/c3ccccc3)oc2c2c1C[C@H]1C[C@H]3[C@H](N(C)C)C(O)=C(C(N)=O)C(=O)[C@@]3(O)C(O)=C1C2=O.